The van der Waals surface area contributed by atoms with Gasteiger partial charge in [0.25, 0.3) is 0 Å². The van der Waals surface area contributed by atoms with Crippen molar-refractivity contribution >= 4 is 27.3 Å². The van der Waals surface area contributed by atoms with E-state index in [0.717, 1.165) is 21.1 Å². The van der Waals surface area contributed by atoms with E-state index >= 15 is 0 Å². The molecule has 146 valence electrons. The highest BCUT2D eigenvalue weighted by Crippen LogP contribution is 2.28. The Labute approximate surface area is 161 Å². The van der Waals surface area contributed by atoms with Gasteiger partial charge in [0.05, 0.1) is 22.7 Å². The zero-order valence-electron chi connectivity index (χ0n) is 16.7. The van der Waals surface area contributed by atoms with E-state index in [2.05, 4.69) is 5.32 Å². The molecule has 0 spiro atoms. The highest BCUT2D eigenvalue weighted by Gasteiger charge is 2.20. The molecule has 6 nitrogen and oxygen atoms in total. The zero-order chi connectivity index (χ0) is 20.4. The third kappa shape index (κ3) is 4.87. The minimum absolute atomic E-state index is 0.139. The number of rotatable bonds is 6. The first-order valence-electron chi connectivity index (χ1n) is 8.62. The molecule has 1 N–H and O–H groups in total. The Morgan fingerprint density at radius 2 is 1.63 bits per heavy atom. The molecule has 0 radical (unpaired) electrons. The van der Waals surface area contributed by atoms with E-state index in [1.165, 1.54) is 25.7 Å². The van der Waals surface area contributed by atoms with E-state index in [-0.39, 0.29) is 17.2 Å². The average molecular weight is 390 g/mol. The highest BCUT2D eigenvalue weighted by molar-refractivity contribution is 7.89. The molecule has 0 saturated carbocycles. The van der Waals surface area contributed by atoms with Gasteiger partial charge in [0.2, 0.25) is 15.9 Å². The average Bonchev–Trinajstić information content (AvgIpc) is 2.57. The number of sulfonamides is 1. The van der Waals surface area contributed by atoms with E-state index < -0.39 is 10.0 Å². The van der Waals surface area contributed by atoms with Crippen molar-refractivity contribution in [1.82, 2.24) is 4.31 Å². The van der Waals surface area contributed by atoms with Crippen molar-refractivity contribution in [3.8, 4) is 0 Å². The summed E-state index contributed by atoms with van der Waals surface area (Å²) in [5.41, 5.74) is 4.43. The maximum atomic E-state index is 12.6. The Bertz CT molecular complexity index is 951. The van der Waals surface area contributed by atoms with Gasteiger partial charge in [0.1, 0.15) is 0 Å². The zero-order valence-corrected chi connectivity index (χ0v) is 17.5. The van der Waals surface area contributed by atoms with Crippen LogP contribution in [0.25, 0.3) is 0 Å². The number of benzene rings is 2. The molecule has 0 heterocycles. The van der Waals surface area contributed by atoms with Gasteiger partial charge in [-0.2, -0.15) is 0 Å². The Morgan fingerprint density at radius 1 is 0.963 bits per heavy atom. The van der Waals surface area contributed by atoms with Crippen molar-refractivity contribution in [1.29, 1.82) is 0 Å². The third-order valence-electron chi connectivity index (χ3n) is 4.44. The number of hydrogen-bond acceptors (Lipinski definition) is 4. The normalized spacial score (nSPS) is 11.5. The van der Waals surface area contributed by atoms with Gasteiger partial charge in [0.15, 0.2) is 0 Å². The molecular weight excluding hydrogens is 362 g/mol. The summed E-state index contributed by atoms with van der Waals surface area (Å²) in [4.78, 5) is 14.5. The lowest BCUT2D eigenvalue weighted by atomic mass is 10.0. The molecule has 0 atom stereocenters. The van der Waals surface area contributed by atoms with E-state index in [1.54, 1.807) is 12.1 Å². The lowest BCUT2D eigenvalue weighted by molar-refractivity contribution is -0.115. The summed E-state index contributed by atoms with van der Waals surface area (Å²) < 4.78 is 26.0. The van der Waals surface area contributed by atoms with Crippen LogP contribution < -0.4 is 10.2 Å². The summed E-state index contributed by atoms with van der Waals surface area (Å²) in [7, 11) is 3.06. The maximum absolute atomic E-state index is 12.6. The van der Waals surface area contributed by atoms with Gasteiger partial charge in [0, 0.05) is 28.2 Å². The van der Waals surface area contributed by atoms with Crippen molar-refractivity contribution < 1.29 is 13.2 Å². The third-order valence-corrected chi connectivity index (χ3v) is 6.25. The Morgan fingerprint density at radius 3 is 2.19 bits per heavy atom. The fourth-order valence-corrected chi connectivity index (χ4v) is 3.60. The molecule has 2 aromatic rings. The number of aryl methyl sites for hydroxylation is 2. The van der Waals surface area contributed by atoms with Crippen molar-refractivity contribution in [2.45, 2.75) is 25.2 Å². The summed E-state index contributed by atoms with van der Waals surface area (Å²) in [5.74, 6) is -0.194. The van der Waals surface area contributed by atoms with Gasteiger partial charge in [-0.25, -0.2) is 12.7 Å². The monoisotopic (exact) mass is 389 g/mol. The minimum atomic E-state index is -3.58. The second-order valence-electron chi connectivity index (χ2n) is 7.00. The molecule has 7 heteroatoms. The van der Waals surface area contributed by atoms with E-state index in [4.69, 9.17) is 0 Å². The summed E-state index contributed by atoms with van der Waals surface area (Å²) in [6.45, 7) is 4.04. The van der Waals surface area contributed by atoms with Crippen LogP contribution in [0.1, 0.15) is 16.7 Å². The second-order valence-corrected chi connectivity index (χ2v) is 9.16. The molecule has 0 unspecified atom stereocenters. The van der Waals surface area contributed by atoms with E-state index in [9.17, 15) is 13.2 Å². The predicted octanol–water partition coefficient (Wildman–Crippen LogP) is 2.80. The number of nitrogens with one attached hydrogen (secondary N) is 1. The molecule has 0 aliphatic rings. The molecule has 2 aromatic carbocycles. The SMILES string of the molecule is Cc1ccc(CC(=O)Nc2cc(S(=O)(=O)N(C)C)ccc2N(C)C)cc1C. The van der Waals surface area contributed by atoms with Gasteiger partial charge < -0.3 is 10.2 Å². The molecule has 0 aliphatic heterocycles. The number of hydrogen-bond donors (Lipinski definition) is 1. The molecule has 27 heavy (non-hydrogen) atoms. The van der Waals surface area contributed by atoms with Gasteiger partial charge in [-0.15, -0.1) is 0 Å². The molecule has 2 rings (SSSR count). The number of carbonyl (C=O) groups is 1. The smallest absolute Gasteiger partial charge is 0.242 e. The fraction of sp³-hybridized carbons (Fsp3) is 0.350. The Hall–Kier alpha value is -2.38. The summed E-state index contributed by atoms with van der Waals surface area (Å²) in [6, 6.07) is 10.7. The van der Waals surface area contributed by atoms with Gasteiger partial charge in [-0.05, 0) is 48.7 Å². The van der Waals surface area contributed by atoms with Crippen LogP contribution in [0.2, 0.25) is 0 Å². The number of nitrogens with zero attached hydrogens (tertiary/aromatic N) is 2. The van der Waals surface area contributed by atoms with Crippen molar-refractivity contribution in [3.05, 3.63) is 53.1 Å². The van der Waals surface area contributed by atoms with Crippen molar-refractivity contribution in [3.63, 3.8) is 0 Å². The predicted molar refractivity (Wildman–Crippen MR) is 110 cm³/mol. The lowest BCUT2D eigenvalue weighted by Crippen LogP contribution is -2.23. The van der Waals surface area contributed by atoms with Crippen LogP contribution in [0.3, 0.4) is 0 Å². The van der Waals surface area contributed by atoms with Crippen LogP contribution in [0, 0.1) is 13.8 Å². The topological polar surface area (TPSA) is 69.7 Å². The molecule has 0 bridgehead atoms. The lowest BCUT2D eigenvalue weighted by Gasteiger charge is -2.20. The first-order valence-corrected chi connectivity index (χ1v) is 10.1. The van der Waals surface area contributed by atoms with E-state index in [0.29, 0.717) is 5.69 Å². The van der Waals surface area contributed by atoms with Crippen LogP contribution in [-0.2, 0) is 21.2 Å². The molecule has 1 amide bonds. The maximum Gasteiger partial charge on any atom is 0.242 e. The Balaban J connectivity index is 2.32. The molecule has 0 fully saturated rings. The number of anilines is 2. The molecule has 0 saturated heterocycles. The summed E-state index contributed by atoms with van der Waals surface area (Å²) in [6.07, 6.45) is 0.221. The molecule has 0 aliphatic carbocycles. The van der Waals surface area contributed by atoms with Crippen molar-refractivity contribution in [2.75, 3.05) is 38.4 Å². The largest absolute Gasteiger partial charge is 0.376 e. The minimum Gasteiger partial charge on any atom is -0.376 e. The summed E-state index contributed by atoms with van der Waals surface area (Å²) in [5, 5.41) is 2.86. The standard InChI is InChI=1S/C20H27N3O3S/c1-14-7-8-16(11-15(14)2)12-20(24)21-18-13-17(27(25,26)23(5)6)9-10-19(18)22(3)4/h7-11,13H,12H2,1-6H3,(H,21,24). The molecular formula is C20H27N3O3S. The van der Waals surface area contributed by atoms with Crippen LogP contribution in [0.15, 0.2) is 41.3 Å². The number of carbonyl (C=O) groups excluding carboxylic acids is 1. The fourth-order valence-electron chi connectivity index (χ4n) is 2.67. The van der Waals surface area contributed by atoms with Crippen LogP contribution >= 0.6 is 0 Å². The van der Waals surface area contributed by atoms with Gasteiger partial charge >= 0.3 is 0 Å². The summed E-state index contributed by atoms with van der Waals surface area (Å²) >= 11 is 0. The van der Waals surface area contributed by atoms with Crippen molar-refractivity contribution in [2.24, 2.45) is 0 Å². The van der Waals surface area contributed by atoms with Crippen LogP contribution in [-0.4, -0.2) is 46.8 Å². The first kappa shape index (κ1) is 20.9. The van der Waals surface area contributed by atoms with Gasteiger partial charge in [-0.3, -0.25) is 4.79 Å². The van der Waals surface area contributed by atoms with Gasteiger partial charge in [-0.1, -0.05) is 18.2 Å². The van der Waals surface area contributed by atoms with Crippen LogP contribution in [0.4, 0.5) is 11.4 Å². The second kappa shape index (κ2) is 8.10. The molecule has 0 aromatic heterocycles. The Kier molecular flexibility index (Phi) is 6.28. The van der Waals surface area contributed by atoms with E-state index in [1.807, 2.05) is 51.0 Å². The first-order chi connectivity index (χ1) is 12.5. The quantitative estimate of drug-likeness (QED) is 0.825. The highest BCUT2D eigenvalue weighted by atomic mass is 32.2. The van der Waals surface area contributed by atoms with Crippen LogP contribution in [0.5, 0.6) is 0 Å². The number of amides is 1.